The molecule has 1 heterocycles. The van der Waals surface area contributed by atoms with Gasteiger partial charge >= 0.3 is 0 Å². The van der Waals surface area contributed by atoms with Crippen molar-refractivity contribution in [3.63, 3.8) is 0 Å². The maximum absolute atomic E-state index is 12.3. The van der Waals surface area contributed by atoms with E-state index in [4.69, 9.17) is 4.74 Å². The van der Waals surface area contributed by atoms with Crippen LogP contribution in [-0.2, 0) is 0 Å². The van der Waals surface area contributed by atoms with E-state index >= 15 is 0 Å². The van der Waals surface area contributed by atoms with Crippen LogP contribution in [0.3, 0.4) is 0 Å². The van der Waals surface area contributed by atoms with E-state index in [2.05, 4.69) is 5.32 Å². The summed E-state index contributed by atoms with van der Waals surface area (Å²) in [5.41, 5.74) is -0.115. The Morgan fingerprint density at radius 3 is 2.68 bits per heavy atom. The van der Waals surface area contributed by atoms with E-state index in [1.54, 1.807) is 4.90 Å². The summed E-state index contributed by atoms with van der Waals surface area (Å²) in [4.78, 5) is 24.4. The Balaban J connectivity index is 2.34. The second-order valence-corrected chi connectivity index (χ2v) is 4.18. The molecule has 0 unspecified atom stereocenters. The SMILES string of the molecule is COc1ccc([N+](=O)[O-])c(C(=O)N2CCNCC2)c1. The third-order valence-corrected chi connectivity index (χ3v) is 3.04. The van der Waals surface area contributed by atoms with Gasteiger partial charge in [0.25, 0.3) is 11.6 Å². The van der Waals surface area contributed by atoms with Crippen LogP contribution >= 0.6 is 0 Å². The highest BCUT2D eigenvalue weighted by atomic mass is 16.6. The lowest BCUT2D eigenvalue weighted by Gasteiger charge is -2.27. The fourth-order valence-corrected chi connectivity index (χ4v) is 2.01. The van der Waals surface area contributed by atoms with Crippen molar-refractivity contribution >= 4 is 11.6 Å². The van der Waals surface area contributed by atoms with Crippen LogP contribution in [0.5, 0.6) is 5.75 Å². The first-order chi connectivity index (χ1) is 9.13. The summed E-state index contributed by atoms with van der Waals surface area (Å²) in [5.74, 6) is 0.108. The van der Waals surface area contributed by atoms with Gasteiger partial charge < -0.3 is 15.0 Å². The zero-order valence-electron chi connectivity index (χ0n) is 10.6. The number of carbonyl (C=O) groups excluding carboxylic acids is 1. The van der Waals surface area contributed by atoms with Crippen LogP contribution in [0.15, 0.2) is 18.2 Å². The van der Waals surface area contributed by atoms with Gasteiger partial charge in [0.2, 0.25) is 0 Å². The molecule has 1 fully saturated rings. The van der Waals surface area contributed by atoms with Crippen molar-refractivity contribution in [1.29, 1.82) is 0 Å². The van der Waals surface area contributed by atoms with Gasteiger partial charge in [-0.2, -0.15) is 0 Å². The first-order valence-corrected chi connectivity index (χ1v) is 5.96. The molecule has 1 aliphatic rings. The first kappa shape index (κ1) is 13.3. The second-order valence-electron chi connectivity index (χ2n) is 4.18. The van der Waals surface area contributed by atoms with Crippen molar-refractivity contribution < 1.29 is 14.5 Å². The summed E-state index contributed by atoms with van der Waals surface area (Å²) in [6, 6.07) is 4.20. The van der Waals surface area contributed by atoms with Gasteiger partial charge in [0, 0.05) is 32.2 Å². The van der Waals surface area contributed by atoms with Crippen LogP contribution in [0, 0.1) is 10.1 Å². The molecule has 102 valence electrons. The zero-order chi connectivity index (χ0) is 13.8. The Morgan fingerprint density at radius 1 is 1.42 bits per heavy atom. The van der Waals surface area contributed by atoms with Gasteiger partial charge in [-0.3, -0.25) is 14.9 Å². The summed E-state index contributed by atoms with van der Waals surface area (Å²) in [7, 11) is 1.46. The van der Waals surface area contributed by atoms with E-state index in [9.17, 15) is 14.9 Å². The number of hydrogen-bond donors (Lipinski definition) is 1. The van der Waals surface area contributed by atoms with E-state index in [-0.39, 0.29) is 17.2 Å². The largest absolute Gasteiger partial charge is 0.497 e. The van der Waals surface area contributed by atoms with Crippen LogP contribution in [0.25, 0.3) is 0 Å². The summed E-state index contributed by atoms with van der Waals surface area (Å²) >= 11 is 0. The number of nitro groups is 1. The van der Waals surface area contributed by atoms with Crippen LogP contribution in [0.2, 0.25) is 0 Å². The molecule has 1 N–H and O–H groups in total. The standard InChI is InChI=1S/C12H15N3O4/c1-19-9-2-3-11(15(17)18)10(8-9)12(16)14-6-4-13-5-7-14/h2-3,8,13H,4-7H2,1H3. The predicted molar refractivity (Wildman–Crippen MR) is 68.4 cm³/mol. The molecule has 1 aromatic carbocycles. The normalized spacial score (nSPS) is 15.1. The van der Waals surface area contributed by atoms with Crippen LogP contribution in [0.1, 0.15) is 10.4 Å². The molecular formula is C12H15N3O4. The lowest BCUT2D eigenvalue weighted by Crippen LogP contribution is -2.46. The number of methoxy groups -OCH3 is 1. The number of ether oxygens (including phenoxy) is 1. The number of nitrogens with zero attached hydrogens (tertiary/aromatic N) is 2. The minimum Gasteiger partial charge on any atom is -0.497 e. The van der Waals surface area contributed by atoms with Crippen molar-refractivity contribution in [3.8, 4) is 5.75 Å². The molecule has 0 atom stereocenters. The lowest BCUT2D eigenvalue weighted by molar-refractivity contribution is -0.385. The number of benzene rings is 1. The highest BCUT2D eigenvalue weighted by molar-refractivity contribution is 5.98. The smallest absolute Gasteiger partial charge is 0.282 e. The summed E-state index contributed by atoms with van der Waals surface area (Å²) in [6.45, 7) is 2.49. The van der Waals surface area contributed by atoms with Gasteiger partial charge in [0.1, 0.15) is 11.3 Å². The fraction of sp³-hybridized carbons (Fsp3) is 0.417. The molecule has 1 saturated heterocycles. The minimum atomic E-state index is -0.547. The third kappa shape index (κ3) is 2.82. The Kier molecular flexibility index (Phi) is 3.96. The van der Waals surface area contributed by atoms with Crippen LogP contribution in [-0.4, -0.2) is 49.0 Å². The Bertz CT molecular complexity index is 498. The van der Waals surface area contributed by atoms with Gasteiger partial charge in [0.15, 0.2) is 0 Å². The fourth-order valence-electron chi connectivity index (χ4n) is 2.01. The van der Waals surface area contributed by atoms with E-state index in [1.807, 2.05) is 0 Å². The van der Waals surface area contributed by atoms with Gasteiger partial charge in [-0.05, 0) is 12.1 Å². The molecule has 1 aromatic rings. The number of nitro benzene ring substituents is 1. The first-order valence-electron chi connectivity index (χ1n) is 5.96. The second kappa shape index (κ2) is 5.66. The molecular weight excluding hydrogens is 250 g/mol. The van der Waals surface area contributed by atoms with Crippen LogP contribution < -0.4 is 10.1 Å². The molecule has 19 heavy (non-hydrogen) atoms. The molecule has 7 heteroatoms. The number of hydrogen-bond acceptors (Lipinski definition) is 5. The zero-order valence-corrected chi connectivity index (χ0v) is 10.6. The number of amides is 1. The van der Waals surface area contributed by atoms with Crippen molar-refractivity contribution in [2.45, 2.75) is 0 Å². The van der Waals surface area contributed by atoms with Crippen molar-refractivity contribution in [2.75, 3.05) is 33.3 Å². The number of nitrogens with one attached hydrogen (secondary N) is 1. The predicted octanol–water partition coefficient (Wildman–Crippen LogP) is 0.649. The molecule has 0 radical (unpaired) electrons. The van der Waals surface area contributed by atoms with Gasteiger partial charge in [0.05, 0.1) is 12.0 Å². The molecule has 0 spiro atoms. The summed E-state index contributed by atoms with van der Waals surface area (Å²) in [6.07, 6.45) is 0. The van der Waals surface area contributed by atoms with E-state index in [1.165, 1.54) is 25.3 Å². The van der Waals surface area contributed by atoms with Gasteiger partial charge in [-0.15, -0.1) is 0 Å². The van der Waals surface area contributed by atoms with Gasteiger partial charge in [-0.1, -0.05) is 0 Å². The number of rotatable bonds is 3. The molecule has 2 rings (SSSR count). The minimum absolute atomic E-state index is 0.0752. The quantitative estimate of drug-likeness (QED) is 0.640. The molecule has 7 nitrogen and oxygen atoms in total. The molecule has 0 bridgehead atoms. The topological polar surface area (TPSA) is 84.7 Å². The average Bonchev–Trinajstić information content (AvgIpc) is 2.46. The van der Waals surface area contributed by atoms with E-state index in [0.717, 1.165) is 0 Å². The van der Waals surface area contributed by atoms with Crippen molar-refractivity contribution in [3.05, 3.63) is 33.9 Å². The molecule has 0 saturated carbocycles. The van der Waals surface area contributed by atoms with E-state index < -0.39 is 4.92 Å². The van der Waals surface area contributed by atoms with Crippen molar-refractivity contribution in [1.82, 2.24) is 10.2 Å². The Morgan fingerprint density at radius 2 is 2.11 bits per heavy atom. The Labute approximate surface area is 110 Å². The third-order valence-electron chi connectivity index (χ3n) is 3.04. The lowest BCUT2D eigenvalue weighted by atomic mass is 10.1. The van der Waals surface area contributed by atoms with Crippen LogP contribution in [0.4, 0.5) is 5.69 Å². The number of carbonyl (C=O) groups is 1. The average molecular weight is 265 g/mol. The molecule has 1 aliphatic heterocycles. The molecule has 1 amide bonds. The summed E-state index contributed by atoms with van der Waals surface area (Å²) < 4.78 is 5.02. The highest BCUT2D eigenvalue weighted by Crippen LogP contribution is 2.25. The maximum Gasteiger partial charge on any atom is 0.282 e. The molecule has 0 aliphatic carbocycles. The monoisotopic (exact) mass is 265 g/mol. The Hall–Kier alpha value is -2.15. The highest BCUT2D eigenvalue weighted by Gasteiger charge is 2.26. The van der Waals surface area contributed by atoms with Gasteiger partial charge in [-0.25, -0.2) is 0 Å². The van der Waals surface area contributed by atoms with Crippen molar-refractivity contribution in [2.24, 2.45) is 0 Å². The maximum atomic E-state index is 12.3. The summed E-state index contributed by atoms with van der Waals surface area (Å²) in [5, 5.41) is 14.1. The van der Waals surface area contributed by atoms with E-state index in [0.29, 0.717) is 31.9 Å². The molecule has 0 aromatic heterocycles. The number of piperazine rings is 1.